The maximum absolute atomic E-state index is 11.7. The number of hydrogen-bond donors (Lipinski definition) is 1. The summed E-state index contributed by atoms with van der Waals surface area (Å²) in [7, 11) is 0. The predicted molar refractivity (Wildman–Crippen MR) is 66.0 cm³/mol. The van der Waals surface area contributed by atoms with Gasteiger partial charge in [-0.2, -0.15) is 0 Å². The molecule has 0 fully saturated rings. The van der Waals surface area contributed by atoms with Crippen LogP contribution in [0.5, 0.6) is 0 Å². The van der Waals surface area contributed by atoms with E-state index < -0.39 is 11.6 Å². The third-order valence-corrected chi connectivity index (χ3v) is 2.34. The Morgan fingerprint density at radius 1 is 1.25 bits per heavy atom. The van der Waals surface area contributed by atoms with Crippen molar-refractivity contribution in [3.8, 4) is 0 Å². The normalized spacial score (nSPS) is 11.3. The highest BCUT2D eigenvalue weighted by Crippen LogP contribution is 2.29. The lowest BCUT2D eigenvalue weighted by Crippen LogP contribution is -2.23. The molecule has 5 heteroatoms. The molecule has 1 aromatic carbocycles. The zero-order valence-corrected chi connectivity index (χ0v) is 10.8. The summed E-state index contributed by atoms with van der Waals surface area (Å²) in [5.74, 6) is -0.476. The second-order valence-corrected chi connectivity index (χ2v) is 5.17. The van der Waals surface area contributed by atoms with Crippen molar-refractivity contribution in [1.82, 2.24) is 0 Å². The van der Waals surface area contributed by atoms with Crippen LogP contribution in [0.15, 0.2) is 12.1 Å². The van der Waals surface area contributed by atoms with Gasteiger partial charge in [0.05, 0.1) is 21.3 Å². The number of carbonyl (C=O) groups excluding carboxylic acids is 1. The van der Waals surface area contributed by atoms with Gasteiger partial charge in [0.15, 0.2) is 0 Å². The molecule has 0 aromatic heterocycles. The van der Waals surface area contributed by atoms with Gasteiger partial charge >= 0.3 is 5.97 Å². The van der Waals surface area contributed by atoms with Gasteiger partial charge in [0.25, 0.3) is 0 Å². The van der Waals surface area contributed by atoms with E-state index in [1.807, 2.05) is 0 Å². The Balaban J connectivity index is 3.02. The van der Waals surface area contributed by atoms with Crippen molar-refractivity contribution < 1.29 is 9.53 Å². The Bertz CT molecular complexity index is 401. The summed E-state index contributed by atoms with van der Waals surface area (Å²) in [6.45, 7) is 5.35. The molecule has 3 nitrogen and oxygen atoms in total. The first-order chi connectivity index (χ1) is 7.20. The fraction of sp³-hybridized carbons (Fsp3) is 0.364. The van der Waals surface area contributed by atoms with Crippen molar-refractivity contribution in [3.05, 3.63) is 27.7 Å². The molecule has 0 saturated carbocycles. The summed E-state index contributed by atoms with van der Waals surface area (Å²) in [5, 5.41) is 0.488. The molecule has 0 amide bonds. The number of rotatable bonds is 1. The third kappa shape index (κ3) is 3.29. The van der Waals surface area contributed by atoms with E-state index in [2.05, 4.69) is 0 Å². The molecule has 0 radical (unpaired) electrons. The van der Waals surface area contributed by atoms with Crippen molar-refractivity contribution in [2.45, 2.75) is 26.4 Å². The molecule has 0 aliphatic heterocycles. The van der Waals surface area contributed by atoms with Crippen LogP contribution in [0, 0.1) is 0 Å². The number of hydrogen-bond acceptors (Lipinski definition) is 3. The minimum absolute atomic E-state index is 0.244. The maximum atomic E-state index is 11.7. The largest absolute Gasteiger partial charge is 0.456 e. The van der Waals surface area contributed by atoms with Crippen molar-refractivity contribution >= 4 is 34.9 Å². The Hall–Kier alpha value is -0.930. The molecular formula is C11H13Cl2NO2. The van der Waals surface area contributed by atoms with Gasteiger partial charge in [0, 0.05) is 0 Å². The minimum atomic E-state index is -0.558. The number of halogens is 2. The molecule has 0 unspecified atom stereocenters. The molecule has 88 valence electrons. The highest BCUT2D eigenvalue weighted by molar-refractivity contribution is 6.39. The first-order valence-electron chi connectivity index (χ1n) is 4.68. The third-order valence-electron chi connectivity index (χ3n) is 1.71. The van der Waals surface area contributed by atoms with Crippen LogP contribution in [0.1, 0.15) is 31.1 Å². The van der Waals surface area contributed by atoms with Crippen molar-refractivity contribution in [3.63, 3.8) is 0 Å². The fourth-order valence-electron chi connectivity index (χ4n) is 1.04. The molecule has 1 rings (SSSR count). The topological polar surface area (TPSA) is 52.3 Å². The van der Waals surface area contributed by atoms with E-state index in [1.165, 1.54) is 12.1 Å². The lowest BCUT2D eigenvalue weighted by atomic mass is 10.1. The molecule has 1 aromatic rings. The van der Waals surface area contributed by atoms with E-state index in [1.54, 1.807) is 20.8 Å². The number of nitrogen functional groups attached to an aromatic ring is 1. The minimum Gasteiger partial charge on any atom is -0.456 e. The van der Waals surface area contributed by atoms with Crippen LogP contribution in [0.4, 0.5) is 5.69 Å². The zero-order valence-electron chi connectivity index (χ0n) is 9.30. The molecule has 0 aliphatic rings. The van der Waals surface area contributed by atoms with Crippen LogP contribution in [0.3, 0.4) is 0 Å². The van der Waals surface area contributed by atoms with E-state index >= 15 is 0 Å². The number of anilines is 1. The van der Waals surface area contributed by atoms with Gasteiger partial charge in [-0.25, -0.2) is 4.79 Å². The van der Waals surface area contributed by atoms with Gasteiger partial charge in [-0.05, 0) is 32.9 Å². The average Bonchev–Trinajstić information content (AvgIpc) is 2.10. The lowest BCUT2D eigenvalue weighted by molar-refractivity contribution is 0.00696. The van der Waals surface area contributed by atoms with Crippen LogP contribution >= 0.6 is 23.2 Å². The van der Waals surface area contributed by atoms with Crippen molar-refractivity contribution in [2.75, 3.05) is 5.73 Å². The second-order valence-electron chi connectivity index (χ2n) is 4.36. The molecule has 16 heavy (non-hydrogen) atoms. The van der Waals surface area contributed by atoms with Crippen LogP contribution in [0.2, 0.25) is 10.0 Å². The first-order valence-corrected chi connectivity index (χ1v) is 5.44. The van der Waals surface area contributed by atoms with E-state index in [0.29, 0.717) is 5.56 Å². The van der Waals surface area contributed by atoms with Gasteiger partial charge in [0.2, 0.25) is 0 Å². The second kappa shape index (κ2) is 4.52. The summed E-state index contributed by atoms with van der Waals surface area (Å²) in [6.07, 6.45) is 0. The summed E-state index contributed by atoms with van der Waals surface area (Å²) in [4.78, 5) is 11.7. The number of nitrogens with two attached hydrogens (primary N) is 1. The van der Waals surface area contributed by atoms with Crippen LogP contribution in [-0.4, -0.2) is 11.6 Å². The van der Waals surface area contributed by atoms with Crippen LogP contribution in [-0.2, 0) is 4.74 Å². The SMILES string of the molecule is CC(C)(C)OC(=O)c1cc(Cl)c(N)c(Cl)c1. The summed E-state index contributed by atoms with van der Waals surface area (Å²) >= 11 is 11.6. The molecule has 2 N–H and O–H groups in total. The number of esters is 1. The Kier molecular flexibility index (Phi) is 3.71. The maximum Gasteiger partial charge on any atom is 0.338 e. The lowest BCUT2D eigenvalue weighted by Gasteiger charge is -2.19. The molecule has 0 saturated heterocycles. The standard InChI is InChI=1S/C11H13Cl2NO2/c1-11(2,3)16-10(15)6-4-7(12)9(14)8(13)5-6/h4-5H,14H2,1-3H3. The molecule has 0 bridgehead atoms. The quantitative estimate of drug-likeness (QED) is 0.622. The number of carbonyl (C=O) groups is 1. The number of ether oxygens (including phenoxy) is 1. The molecule has 0 spiro atoms. The van der Waals surface area contributed by atoms with Crippen LogP contribution < -0.4 is 5.73 Å². The molecule has 0 aliphatic carbocycles. The van der Waals surface area contributed by atoms with Gasteiger partial charge in [-0.3, -0.25) is 0 Å². The van der Waals surface area contributed by atoms with E-state index in [-0.39, 0.29) is 15.7 Å². The van der Waals surface area contributed by atoms with Crippen molar-refractivity contribution in [1.29, 1.82) is 0 Å². The van der Waals surface area contributed by atoms with Gasteiger partial charge < -0.3 is 10.5 Å². The summed E-state index contributed by atoms with van der Waals surface area (Å²) < 4.78 is 5.18. The fourth-order valence-corrected chi connectivity index (χ4v) is 1.53. The highest BCUT2D eigenvalue weighted by atomic mass is 35.5. The number of benzene rings is 1. The van der Waals surface area contributed by atoms with Crippen molar-refractivity contribution in [2.24, 2.45) is 0 Å². The molecule has 0 atom stereocenters. The monoisotopic (exact) mass is 261 g/mol. The first kappa shape index (κ1) is 13.1. The van der Waals surface area contributed by atoms with E-state index in [9.17, 15) is 4.79 Å². The smallest absolute Gasteiger partial charge is 0.338 e. The van der Waals surface area contributed by atoms with Gasteiger partial charge in [-0.1, -0.05) is 23.2 Å². The summed E-state index contributed by atoms with van der Waals surface area (Å²) in [5.41, 5.74) is 5.55. The summed E-state index contributed by atoms with van der Waals surface area (Å²) in [6, 6.07) is 2.88. The Morgan fingerprint density at radius 2 is 1.69 bits per heavy atom. The predicted octanol–water partition coefficient (Wildman–Crippen LogP) is 3.53. The van der Waals surface area contributed by atoms with Gasteiger partial charge in [0.1, 0.15) is 5.60 Å². The molecule has 0 heterocycles. The van der Waals surface area contributed by atoms with E-state index in [0.717, 1.165) is 0 Å². The highest BCUT2D eigenvalue weighted by Gasteiger charge is 2.19. The Morgan fingerprint density at radius 3 is 2.06 bits per heavy atom. The zero-order chi connectivity index (χ0) is 12.5. The average molecular weight is 262 g/mol. The molecular weight excluding hydrogens is 249 g/mol. The van der Waals surface area contributed by atoms with Crippen LogP contribution in [0.25, 0.3) is 0 Å². The van der Waals surface area contributed by atoms with Gasteiger partial charge in [-0.15, -0.1) is 0 Å². The van der Waals surface area contributed by atoms with E-state index in [4.69, 9.17) is 33.7 Å². The Labute approximate surface area is 104 Å².